The van der Waals surface area contributed by atoms with E-state index in [0.29, 0.717) is 12.0 Å². The van der Waals surface area contributed by atoms with Crippen molar-refractivity contribution in [3.8, 4) is 0 Å². The lowest BCUT2D eigenvalue weighted by molar-refractivity contribution is 0.388. The van der Waals surface area contributed by atoms with Crippen molar-refractivity contribution in [1.82, 2.24) is 5.32 Å². The average molecular weight is 297 g/mol. The number of hydrogen-bond donors (Lipinski definition) is 1. The van der Waals surface area contributed by atoms with Crippen LogP contribution >= 0.6 is 0 Å². The van der Waals surface area contributed by atoms with Gasteiger partial charge >= 0.3 is 0 Å². The first-order valence-electron chi connectivity index (χ1n) is 8.40. The zero-order valence-electron chi connectivity index (χ0n) is 14.2. The quantitative estimate of drug-likeness (QED) is 0.546. The lowest BCUT2D eigenvalue weighted by atomic mass is 9.92. The van der Waals surface area contributed by atoms with Crippen LogP contribution in [-0.4, -0.2) is 12.6 Å². The van der Waals surface area contributed by atoms with Gasteiger partial charge in [-0.25, -0.2) is 0 Å². The normalized spacial score (nSPS) is 14.4. The second-order valence-electron chi connectivity index (χ2n) is 6.08. The fraction of sp³-hybridized carbons (Fsp3) is 0.429. The highest BCUT2D eigenvalue weighted by molar-refractivity contribution is 5.22. The Morgan fingerprint density at radius 1 is 1.23 bits per heavy atom. The molecule has 1 heteroatoms. The fourth-order valence-corrected chi connectivity index (χ4v) is 2.85. The number of benzene rings is 1. The van der Waals surface area contributed by atoms with Gasteiger partial charge in [-0.1, -0.05) is 82.0 Å². The summed E-state index contributed by atoms with van der Waals surface area (Å²) in [5.41, 5.74) is 2.63. The molecular formula is C21H31N. The summed E-state index contributed by atoms with van der Waals surface area (Å²) < 4.78 is 0. The van der Waals surface area contributed by atoms with Crippen molar-refractivity contribution < 1.29 is 0 Å². The molecule has 0 spiro atoms. The van der Waals surface area contributed by atoms with Crippen LogP contribution in [0.15, 0.2) is 67.3 Å². The van der Waals surface area contributed by atoms with Gasteiger partial charge in [0.05, 0.1) is 0 Å². The highest BCUT2D eigenvalue weighted by atomic mass is 14.9. The van der Waals surface area contributed by atoms with Gasteiger partial charge < -0.3 is 5.32 Å². The summed E-state index contributed by atoms with van der Waals surface area (Å²) in [6, 6.07) is 11.3. The van der Waals surface area contributed by atoms with E-state index in [1.165, 1.54) is 30.4 Å². The van der Waals surface area contributed by atoms with E-state index in [2.05, 4.69) is 62.7 Å². The Hall–Kier alpha value is -1.60. The summed E-state index contributed by atoms with van der Waals surface area (Å²) in [4.78, 5) is 0. The minimum Gasteiger partial charge on any atom is -0.310 e. The van der Waals surface area contributed by atoms with Crippen LogP contribution < -0.4 is 5.32 Å². The molecule has 0 aliphatic rings. The van der Waals surface area contributed by atoms with Gasteiger partial charge in [0.2, 0.25) is 0 Å². The Labute approximate surface area is 136 Å². The topological polar surface area (TPSA) is 12.0 Å². The molecule has 1 aromatic carbocycles. The summed E-state index contributed by atoms with van der Waals surface area (Å²) >= 11 is 0. The van der Waals surface area contributed by atoms with Crippen LogP contribution in [0.1, 0.15) is 38.7 Å². The Balaban J connectivity index is 2.50. The highest BCUT2D eigenvalue weighted by Gasteiger charge is 2.13. The lowest BCUT2D eigenvalue weighted by Crippen LogP contribution is -2.32. The minimum atomic E-state index is 0.567. The standard InChI is InChI=1S/C21H31N/c1-5-11-19(7-3)17-22-21(12-6-2)16-18(4)15-20-13-9-8-10-14-20/h5,7-11,13-14,18,21-22H,1,3,6,12,15-17H2,2,4H3/b19-11+. The van der Waals surface area contributed by atoms with Gasteiger partial charge in [0.1, 0.15) is 0 Å². The zero-order valence-corrected chi connectivity index (χ0v) is 14.2. The van der Waals surface area contributed by atoms with Crippen LogP contribution in [0.4, 0.5) is 0 Å². The Morgan fingerprint density at radius 3 is 2.55 bits per heavy atom. The largest absolute Gasteiger partial charge is 0.310 e. The average Bonchev–Trinajstić information content (AvgIpc) is 2.52. The molecule has 22 heavy (non-hydrogen) atoms. The van der Waals surface area contributed by atoms with Crippen molar-refractivity contribution in [2.45, 2.75) is 45.6 Å². The van der Waals surface area contributed by atoms with Gasteiger partial charge in [-0.2, -0.15) is 0 Å². The molecule has 120 valence electrons. The van der Waals surface area contributed by atoms with Gasteiger partial charge in [-0.05, 0) is 36.3 Å². The number of rotatable bonds is 11. The smallest absolute Gasteiger partial charge is 0.0207 e. The first-order chi connectivity index (χ1) is 10.7. The van der Waals surface area contributed by atoms with Crippen molar-refractivity contribution in [3.63, 3.8) is 0 Å². The van der Waals surface area contributed by atoms with Gasteiger partial charge in [-0.3, -0.25) is 0 Å². The van der Waals surface area contributed by atoms with Crippen LogP contribution in [0.25, 0.3) is 0 Å². The van der Waals surface area contributed by atoms with Gasteiger partial charge in [0.15, 0.2) is 0 Å². The monoisotopic (exact) mass is 297 g/mol. The summed E-state index contributed by atoms with van der Waals surface area (Å²) in [7, 11) is 0. The van der Waals surface area contributed by atoms with Crippen molar-refractivity contribution in [1.29, 1.82) is 0 Å². The number of nitrogens with one attached hydrogen (secondary N) is 1. The van der Waals surface area contributed by atoms with Gasteiger partial charge in [0, 0.05) is 12.6 Å². The minimum absolute atomic E-state index is 0.567. The molecular weight excluding hydrogens is 266 g/mol. The maximum atomic E-state index is 3.86. The second-order valence-corrected chi connectivity index (χ2v) is 6.08. The van der Waals surface area contributed by atoms with E-state index in [-0.39, 0.29) is 0 Å². The molecule has 1 N–H and O–H groups in total. The molecule has 0 aliphatic carbocycles. The predicted molar refractivity (Wildman–Crippen MR) is 99.1 cm³/mol. The van der Waals surface area contributed by atoms with Gasteiger partial charge in [-0.15, -0.1) is 0 Å². The summed E-state index contributed by atoms with van der Waals surface area (Å²) in [6.07, 6.45) is 10.6. The molecule has 1 nitrogen and oxygen atoms in total. The summed E-state index contributed by atoms with van der Waals surface area (Å²) in [5, 5.41) is 3.69. The maximum absolute atomic E-state index is 3.86. The van der Waals surface area contributed by atoms with Crippen LogP contribution in [0, 0.1) is 5.92 Å². The lowest BCUT2D eigenvalue weighted by Gasteiger charge is -2.22. The third-order valence-electron chi connectivity index (χ3n) is 3.94. The molecule has 2 atom stereocenters. The molecule has 0 aromatic heterocycles. The third-order valence-corrected chi connectivity index (χ3v) is 3.94. The Bertz CT molecular complexity index is 458. The molecule has 0 fully saturated rings. The SMILES string of the molecule is C=C/C=C(\C=C)CNC(CCC)CC(C)Cc1ccccc1. The Morgan fingerprint density at radius 2 is 1.95 bits per heavy atom. The molecule has 0 radical (unpaired) electrons. The maximum Gasteiger partial charge on any atom is 0.0207 e. The van der Waals surface area contributed by atoms with Gasteiger partial charge in [0.25, 0.3) is 0 Å². The summed E-state index contributed by atoms with van der Waals surface area (Å²) in [6.45, 7) is 13.1. The van der Waals surface area contributed by atoms with Crippen LogP contribution in [0.2, 0.25) is 0 Å². The van der Waals surface area contributed by atoms with Crippen LogP contribution in [0.5, 0.6) is 0 Å². The fourth-order valence-electron chi connectivity index (χ4n) is 2.85. The highest BCUT2D eigenvalue weighted by Crippen LogP contribution is 2.16. The molecule has 0 amide bonds. The van der Waals surface area contributed by atoms with E-state index in [1.807, 2.05) is 18.2 Å². The van der Waals surface area contributed by atoms with Crippen molar-refractivity contribution in [2.24, 2.45) is 5.92 Å². The van der Waals surface area contributed by atoms with E-state index in [0.717, 1.165) is 13.0 Å². The van der Waals surface area contributed by atoms with Crippen molar-refractivity contribution in [3.05, 3.63) is 72.9 Å². The number of allylic oxidation sites excluding steroid dienone is 2. The van der Waals surface area contributed by atoms with Crippen molar-refractivity contribution in [2.75, 3.05) is 6.54 Å². The predicted octanol–water partition coefficient (Wildman–Crippen LogP) is 5.31. The second kappa shape index (κ2) is 11.0. The molecule has 0 bridgehead atoms. The molecule has 1 rings (SSSR count). The first-order valence-corrected chi connectivity index (χ1v) is 8.40. The number of hydrogen-bond acceptors (Lipinski definition) is 1. The molecule has 0 heterocycles. The molecule has 0 saturated heterocycles. The Kier molecular flexibility index (Phi) is 9.25. The zero-order chi connectivity index (χ0) is 16.2. The summed E-state index contributed by atoms with van der Waals surface area (Å²) in [5.74, 6) is 0.682. The van der Waals surface area contributed by atoms with Crippen molar-refractivity contribution >= 4 is 0 Å². The third kappa shape index (κ3) is 7.42. The van der Waals surface area contributed by atoms with E-state index in [1.54, 1.807) is 0 Å². The van der Waals surface area contributed by atoms with Crippen LogP contribution in [0.3, 0.4) is 0 Å². The molecule has 2 unspecified atom stereocenters. The molecule has 0 saturated carbocycles. The van der Waals surface area contributed by atoms with E-state index in [9.17, 15) is 0 Å². The van der Waals surface area contributed by atoms with E-state index in [4.69, 9.17) is 0 Å². The first kappa shape index (κ1) is 18.4. The molecule has 1 aromatic rings. The van der Waals surface area contributed by atoms with Crippen LogP contribution in [-0.2, 0) is 6.42 Å². The molecule has 0 aliphatic heterocycles. The van der Waals surface area contributed by atoms with E-state index < -0.39 is 0 Å². The van der Waals surface area contributed by atoms with E-state index >= 15 is 0 Å².